The molecule has 1 aliphatic heterocycles. The molecule has 0 aliphatic carbocycles. The number of hydrogen-bond acceptors (Lipinski definition) is 4. The number of anilines is 1. The van der Waals surface area contributed by atoms with Gasteiger partial charge < -0.3 is 10.1 Å². The second-order valence-corrected chi connectivity index (χ2v) is 7.24. The van der Waals surface area contributed by atoms with Crippen LogP contribution in [0.2, 0.25) is 5.02 Å². The second kappa shape index (κ2) is 8.54. The van der Waals surface area contributed by atoms with Crippen LogP contribution in [0.4, 0.5) is 10.5 Å². The molecule has 0 aromatic heterocycles. The molecular formula is C19H16BrClN2O4. The van der Waals surface area contributed by atoms with Crippen LogP contribution in [-0.4, -0.2) is 28.8 Å². The Balaban J connectivity index is 1.66. The third-order valence-corrected chi connectivity index (χ3v) is 5.32. The molecule has 1 atom stereocenters. The summed E-state index contributed by atoms with van der Waals surface area (Å²) < 4.78 is 5.84. The van der Waals surface area contributed by atoms with Gasteiger partial charge in [-0.2, -0.15) is 0 Å². The summed E-state index contributed by atoms with van der Waals surface area (Å²) >= 11 is 9.22. The number of ether oxygens (including phenoxy) is 1. The van der Waals surface area contributed by atoms with Crippen molar-refractivity contribution in [1.82, 2.24) is 4.90 Å². The minimum absolute atomic E-state index is 0.0297. The maximum Gasteiger partial charge on any atom is 0.417 e. The molecule has 2 aromatic rings. The smallest absolute Gasteiger partial charge is 0.417 e. The molecule has 1 heterocycles. The Labute approximate surface area is 169 Å². The molecule has 1 aliphatic rings. The number of halogens is 2. The number of likely N-dealkylation sites (tertiary alicyclic amines) is 1. The zero-order valence-corrected chi connectivity index (χ0v) is 16.5. The van der Waals surface area contributed by atoms with E-state index in [9.17, 15) is 14.4 Å². The Bertz CT molecular complexity index is 875. The van der Waals surface area contributed by atoms with E-state index in [1.807, 2.05) is 30.3 Å². The van der Waals surface area contributed by atoms with E-state index in [-0.39, 0.29) is 19.4 Å². The fourth-order valence-corrected chi connectivity index (χ4v) is 3.25. The molecule has 0 spiro atoms. The van der Waals surface area contributed by atoms with Gasteiger partial charge in [-0.1, -0.05) is 41.9 Å². The van der Waals surface area contributed by atoms with Crippen molar-refractivity contribution >= 4 is 51.1 Å². The highest BCUT2D eigenvalue weighted by atomic mass is 79.9. The largest absolute Gasteiger partial charge is 0.444 e. The van der Waals surface area contributed by atoms with Gasteiger partial charge in [-0.25, -0.2) is 9.69 Å². The van der Waals surface area contributed by atoms with Crippen LogP contribution in [-0.2, 0) is 20.9 Å². The number of hydrogen-bond donors (Lipinski definition) is 1. The Hall–Kier alpha value is -2.38. The Morgan fingerprint density at radius 3 is 2.67 bits per heavy atom. The predicted octanol–water partition coefficient (Wildman–Crippen LogP) is 4.37. The van der Waals surface area contributed by atoms with Gasteiger partial charge in [0.2, 0.25) is 11.8 Å². The van der Waals surface area contributed by atoms with E-state index in [1.54, 1.807) is 18.2 Å². The average Bonchev–Trinajstić information content (AvgIpc) is 3.05. The molecule has 1 saturated heterocycles. The van der Waals surface area contributed by atoms with Crippen LogP contribution < -0.4 is 5.32 Å². The number of carbonyl (C=O) groups is 3. The second-order valence-electron chi connectivity index (χ2n) is 5.98. The molecule has 3 amide bonds. The van der Waals surface area contributed by atoms with Crippen molar-refractivity contribution < 1.29 is 19.1 Å². The molecule has 0 unspecified atom stereocenters. The molecule has 3 rings (SSSR count). The van der Waals surface area contributed by atoms with Gasteiger partial charge in [0.15, 0.2) is 0 Å². The monoisotopic (exact) mass is 450 g/mol. The first-order chi connectivity index (χ1) is 13.0. The number of imide groups is 1. The predicted molar refractivity (Wildman–Crippen MR) is 104 cm³/mol. The van der Waals surface area contributed by atoms with E-state index in [2.05, 4.69) is 21.2 Å². The molecule has 0 saturated carbocycles. The lowest BCUT2D eigenvalue weighted by molar-refractivity contribution is -0.131. The van der Waals surface area contributed by atoms with Gasteiger partial charge in [0.05, 0.1) is 5.02 Å². The van der Waals surface area contributed by atoms with Crippen LogP contribution in [0.5, 0.6) is 0 Å². The molecule has 6 nitrogen and oxygen atoms in total. The highest BCUT2D eigenvalue weighted by Crippen LogP contribution is 2.27. The number of rotatable bonds is 4. The third-order valence-electron chi connectivity index (χ3n) is 4.10. The maximum absolute atomic E-state index is 12.6. The van der Waals surface area contributed by atoms with Gasteiger partial charge >= 0.3 is 6.09 Å². The maximum atomic E-state index is 12.6. The quantitative estimate of drug-likeness (QED) is 0.749. The van der Waals surface area contributed by atoms with Crippen molar-refractivity contribution in [1.29, 1.82) is 0 Å². The first-order valence-electron chi connectivity index (χ1n) is 8.24. The first kappa shape index (κ1) is 19.4. The number of nitrogens with one attached hydrogen (secondary N) is 1. The van der Waals surface area contributed by atoms with Crippen LogP contribution in [0.3, 0.4) is 0 Å². The van der Waals surface area contributed by atoms with Crippen LogP contribution in [0.15, 0.2) is 53.0 Å². The van der Waals surface area contributed by atoms with Crippen LogP contribution in [0, 0.1) is 0 Å². The zero-order valence-electron chi connectivity index (χ0n) is 14.2. The highest BCUT2D eigenvalue weighted by Gasteiger charge is 2.41. The Kier molecular flexibility index (Phi) is 6.13. The summed E-state index contributed by atoms with van der Waals surface area (Å²) in [5.41, 5.74) is 1.30. The van der Waals surface area contributed by atoms with Crippen molar-refractivity contribution in [2.45, 2.75) is 25.5 Å². The van der Waals surface area contributed by atoms with E-state index in [0.717, 1.165) is 10.5 Å². The van der Waals surface area contributed by atoms with Crippen molar-refractivity contribution in [2.75, 3.05) is 5.32 Å². The van der Waals surface area contributed by atoms with E-state index >= 15 is 0 Å². The number of carbonyl (C=O) groups excluding carboxylic acids is 3. The Morgan fingerprint density at radius 2 is 1.96 bits per heavy atom. The molecule has 1 fully saturated rings. The highest BCUT2D eigenvalue weighted by molar-refractivity contribution is 9.10. The van der Waals surface area contributed by atoms with Gasteiger partial charge in [0.25, 0.3) is 0 Å². The van der Waals surface area contributed by atoms with Gasteiger partial charge in [-0.05, 0) is 46.1 Å². The van der Waals surface area contributed by atoms with Crippen molar-refractivity contribution in [2.24, 2.45) is 0 Å². The zero-order chi connectivity index (χ0) is 19.4. The molecule has 0 radical (unpaired) electrons. The summed E-state index contributed by atoms with van der Waals surface area (Å²) in [4.78, 5) is 38.0. The summed E-state index contributed by atoms with van der Waals surface area (Å²) in [6.07, 6.45) is -0.457. The lowest BCUT2D eigenvalue weighted by Gasteiger charge is -2.22. The average molecular weight is 452 g/mol. The Morgan fingerprint density at radius 1 is 1.22 bits per heavy atom. The van der Waals surface area contributed by atoms with E-state index < -0.39 is 23.9 Å². The van der Waals surface area contributed by atoms with E-state index in [1.165, 1.54) is 0 Å². The van der Waals surface area contributed by atoms with Gasteiger partial charge in [0, 0.05) is 16.6 Å². The lowest BCUT2D eigenvalue weighted by Crippen LogP contribution is -2.45. The van der Waals surface area contributed by atoms with Gasteiger partial charge in [0.1, 0.15) is 12.6 Å². The molecule has 0 bridgehead atoms. The van der Waals surface area contributed by atoms with Gasteiger partial charge in [-0.15, -0.1) is 0 Å². The van der Waals surface area contributed by atoms with Crippen molar-refractivity contribution in [3.8, 4) is 0 Å². The minimum Gasteiger partial charge on any atom is -0.444 e. The fourth-order valence-electron chi connectivity index (χ4n) is 2.75. The van der Waals surface area contributed by atoms with Crippen LogP contribution >= 0.6 is 27.5 Å². The van der Waals surface area contributed by atoms with Gasteiger partial charge in [-0.3, -0.25) is 9.59 Å². The number of nitrogens with zero attached hydrogens (tertiary/aromatic N) is 1. The standard InChI is InChI=1S/C19H16BrClN2O4/c20-14-10-13(6-7-15(14)21)22-18(25)16-8-9-17(24)23(16)19(26)27-11-12-4-2-1-3-5-12/h1-7,10,16H,8-9,11H2,(H,22,25)/t16-/m0/s1. The van der Waals surface area contributed by atoms with E-state index in [0.29, 0.717) is 15.2 Å². The minimum atomic E-state index is -0.907. The fraction of sp³-hybridized carbons (Fsp3) is 0.211. The summed E-state index contributed by atoms with van der Waals surface area (Å²) in [5, 5.41) is 3.21. The SMILES string of the molecule is O=C(Nc1ccc(Cl)c(Br)c1)[C@@H]1CCC(=O)N1C(=O)OCc1ccccc1. The van der Waals surface area contributed by atoms with E-state index in [4.69, 9.17) is 16.3 Å². The summed E-state index contributed by atoms with van der Waals surface area (Å²) in [6, 6.07) is 13.1. The molecule has 27 heavy (non-hydrogen) atoms. The number of amides is 3. The molecule has 8 heteroatoms. The van der Waals surface area contributed by atoms with Crippen LogP contribution in [0.25, 0.3) is 0 Å². The molecule has 1 N–H and O–H groups in total. The third kappa shape index (κ3) is 4.67. The summed E-state index contributed by atoms with van der Waals surface area (Å²) in [6.45, 7) is 0.0297. The number of benzene rings is 2. The van der Waals surface area contributed by atoms with Crippen molar-refractivity contribution in [3.63, 3.8) is 0 Å². The summed E-state index contributed by atoms with van der Waals surface area (Å²) in [5.74, 6) is -0.878. The molecular weight excluding hydrogens is 436 g/mol. The topological polar surface area (TPSA) is 75.7 Å². The lowest BCUT2D eigenvalue weighted by atomic mass is 10.2. The molecule has 140 valence electrons. The summed E-state index contributed by atoms with van der Waals surface area (Å²) in [7, 11) is 0. The van der Waals surface area contributed by atoms with Crippen LogP contribution in [0.1, 0.15) is 18.4 Å². The molecule has 2 aromatic carbocycles. The van der Waals surface area contributed by atoms with Crippen molar-refractivity contribution in [3.05, 3.63) is 63.6 Å². The normalized spacial score (nSPS) is 16.3. The first-order valence-corrected chi connectivity index (χ1v) is 9.41.